The van der Waals surface area contributed by atoms with E-state index < -0.39 is 0 Å². The Balaban J connectivity index is 1.94. The number of benzene rings is 2. The van der Waals surface area contributed by atoms with Gasteiger partial charge in [0.05, 0.1) is 13.7 Å². The lowest BCUT2D eigenvalue weighted by atomic mass is 10.2. The number of carbonyl (C=O) groups excluding carboxylic acids is 1. The van der Waals surface area contributed by atoms with Gasteiger partial charge in [-0.3, -0.25) is 4.79 Å². The molecule has 0 aliphatic carbocycles. The SMILES string of the molecule is COc1cccc(NC(=O)CNc2cccc(C)c2Br)c1. The fraction of sp³-hybridized carbons (Fsp3) is 0.188. The first-order valence-electron chi connectivity index (χ1n) is 6.53. The van der Waals surface area contributed by atoms with Crippen molar-refractivity contribution in [3.05, 3.63) is 52.5 Å². The quantitative estimate of drug-likeness (QED) is 0.863. The normalized spacial score (nSPS) is 10.0. The molecule has 0 atom stereocenters. The van der Waals surface area contributed by atoms with Crippen LogP contribution in [0.3, 0.4) is 0 Å². The zero-order valence-corrected chi connectivity index (χ0v) is 13.5. The van der Waals surface area contributed by atoms with Crippen molar-refractivity contribution < 1.29 is 9.53 Å². The Kier molecular flexibility index (Phi) is 5.22. The van der Waals surface area contributed by atoms with Gasteiger partial charge in [-0.1, -0.05) is 18.2 Å². The molecule has 0 fully saturated rings. The minimum atomic E-state index is -0.114. The third-order valence-electron chi connectivity index (χ3n) is 2.98. The first-order chi connectivity index (χ1) is 10.1. The molecule has 0 aliphatic rings. The monoisotopic (exact) mass is 348 g/mol. The summed E-state index contributed by atoms with van der Waals surface area (Å²) in [4.78, 5) is 12.0. The van der Waals surface area contributed by atoms with Crippen LogP contribution in [-0.2, 0) is 4.79 Å². The molecule has 2 N–H and O–H groups in total. The molecule has 110 valence electrons. The minimum absolute atomic E-state index is 0.114. The zero-order valence-electron chi connectivity index (χ0n) is 11.9. The van der Waals surface area contributed by atoms with Crippen LogP contribution >= 0.6 is 15.9 Å². The average Bonchev–Trinajstić information content (AvgIpc) is 2.49. The molecule has 2 aromatic rings. The first kappa shape index (κ1) is 15.4. The smallest absolute Gasteiger partial charge is 0.243 e. The Hall–Kier alpha value is -2.01. The third kappa shape index (κ3) is 4.23. The van der Waals surface area contributed by atoms with Crippen LogP contribution in [0.15, 0.2) is 46.9 Å². The summed E-state index contributed by atoms with van der Waals surface area (Å²) in [6.07, 6.45) is 0. The molecule has 4 nitrogen and oxygen atoms in total. The number of methoxy groups -OCH3 is 1. The van der Waals surface area contributed by atoms with Crippen molar-refractivity contribution in [3.8, 4) is 5.75 Å². The van der Waals surface area contributed by atoms with E-state index in [9.17, 15) is 4.79 Å². The van der Waals surface area contributed by atoms with Gasteiger partial charge in [0.2, 0.25) is 5.91 Å². The lowest BCUT2D eigenvalue weighted by Crippen LogP contribution is -2.21. The van der Waals surface area contributed by atoms with Gasteiger partial charge in [-0.15, -0.1) is 0 Å². The molecule has 21 heavy (non-hydrogen) atoms. The van der Waals surface area contributed by atoms with Crippen molar-refractivity contribution in [2.45, 2.75) is 6.92 Å². The second-order valence-corrected chi connectivity index (χ2v) is 5.36. The molecule has 0 aromatic heterocycles. The van der Waals surface area contributed by atoms with Crippen LogP contribution in [0.25, 0.3) is 0 Å². The van der Waals surface area contributed by atoms with Gasteiger partial charge < -0.3 is 15.4 Å². The van der Waals surface area contributed by atoms with Crippen molar-refractivity contribution in [2.75, 3.05) is 24.3 Å². The number of amides is 1. The number of halogens is 1. The minimum Gasteiger partial charge on any atom is -0.497 e. The maximum Gasteiger partial charge on any atom is 0.243 e. The summed E-state index contributed by atoms with van der Waals surface area (Å²) in [5, 5.41) is 5.94. The van der Waals surface area contributed by atoms with Gasteiger partial charge in [0, 0.05) is 21.9 Å². The Morgan fingerprint density at radius 1 is 1.24 bits per heavy atom. The predicted molar refractivity (Wildman–Crippen MR) is 89.0 cm³/mol. The topological polar surface area (TPSA) is 50.4 Å². The number of hydrogen-bond acceptors (Lipinski definition) is 3. The first-order valence-corrected chi connectivity index (χ1v) is 7.32. The van der Waals surface area contributed by atoms with E-state index in [0.29, 0.717) is 11.4 Å². The van der Waals surface area contributed by atoms with Crippen molar-refractivity contribution in [1.82, 2.24) is 0 Å². The highest BCUT2D eigenvalue weighted by molar-refractivity contribution is 9.10. The molecule has 2 rings (SSSR count). The van der Waals surface area contributed by atoms with Crippen molar-refractivity contribution in [2.24, 2.45) is 0 Å². The Morgan fingerprint density at radius 2 is 2.00 bits per heavy atom. The number of rotatable bonds is 5. The van der Waals surface area contributed by atoms with E-state index in [4.69, 9.17) is 4.74 Å². The summed E-state index contributed by atoms with van der Waals surface area (Å²) >= 11 is 3.51. The Morgan fingerprint density at radius 3 is 2.76 bits per heavy atom. The van der Waals surface area contributed by atoms with E-state index in [1.54, 1.807) is 13.2 Å². The summed E-state index contributed by atoms with van der Waals surface area (Å²) in [7, 11) is 1.59. The summed E-state index contributed by atoms with van der Waals surface area (Å²) in [5.41, 5.74) is 2.73. The number of carbonyl (C=O) groups is 1. The summed E-state index contributed by atoms with van der Waals surface area (Å²) in [5.74, 6) is 0.596. The standard InChI is InChI=1S/C16H17BrN2O2/c1-11-5-3-8-14(16(11)17)18-10-15(20)19-12-6-4-7-13(9-12)21-2/h3-9,18H,10H2,1-2H3,(H,19,20). The largest absolute Gasteiger partial charge is 0.497 e. The van der Waals surface area contributed by atoms with Crippen molar-refractivity contribution in [1.29, 1.82) is 0 Å². The summed E-state index contributed by atoms with van der Waals surface area (Å²) < 4.78 is 6.09. The molecule has 0 bridgehead atoms. The fourth-order valence-electron chi connectivity index (χ4n) is 1.87. The highest BCUT2D eigenvalue weighted by Gasteiger charge is 2.06. The van der Waals surface area contributed by atoms with Crippen molar-refractivity contribution >= 4 is 33.2 Å². The second kappa shape index (κ2) is 7.13. The Bertz CT molecular complexity index is 644. The molecule has 0 unspecified atom stereocenters. The molecule has 0 heterocycles. The van der Waals surface area contributed by atoms with E-state index in [2.05, 4.69) is 26.6 Å². The van der Waals surface area contributed by atoms with Crippen LogP contribution in [0.4, 0.5) is 11.4 Å². The maximum atomic E-state index is 12.0. The second-order valence-electron chi connectivity index (χ2n) is 4.57. The molecule has 0 saturated carbocycles. The van der Waals surface area contributed by atoms with E-state index in [1.165, 1.54) is 0 Å². The van der Waals surface area contributed by atoms with Crippen LogP contribution in [0, 0.1) is 6.92 Å². The molecule has 0 saturated heterocycles. The molecule has 5 heteroatoms. The highest BCUT2D eigenvalue weighted by atomic mass is 79.9. The number of nitrogens with one attached hydrogen (secondary N) is 2. The highest BCUT2D eigenvalue weighted by Crippen LogP contribution is 2.25. The van der Waals surface area contributed by atoms with E-state index in [1.807, 2.05) is 43.3 Å². The predicted octanol–water partition coefficient (Wildman–Crippen LogP) is 3.82. The fourth-order valence-corrected chi connectivity index (χ4v) is 2.27. The van der Waals surface area contributed by atoms with Crippen molar-refractivity contribution in [3.63, 3.8) is 0 Å². The number of hydrogen-bond donors (Lipinski definition) is 2. The average molecular weight is 349 g/mol. The Labute approximate surface area is 132 Å². The molecule has 1 amide bonds. The van der Waals surface area contributed by atoms with E-state index >= 15 is 0 Å². The molecule has 0 spiro atoms. The van der Waals surface area contributed by atoms with Crippen LogP contribution in [0.5, 0.6) is 5.75 Å². The van der Waals surface area contributed by atoms with Crippen LogP contribution in [0.2, 0.25) is 0 Å². The van der Waals surface area contributed by atoms with Crippen LogP contribution in [-0.4, -0.2) is 19.6 Å². The van der Waals surface area contributed by atoms with Crippen LogP contribution < -0.4 is 15.4 Å². The van der Waals surface area contributed by atoms with Gasteiger partial charge >= 0.3 is 0 Å². The van der Waals surface area contributed by atoms with Gasteiger partial charge in [0.15, 0.2) is 0 Å². The molecule has 0 radical (unpaired) electrons. The van der Waals surface area contributed by atoms with Gasteiger partial charge in [-0.25, -0.2) is 0 Å². The summed E-state index contributed by atoms with van der Waals surface area (Å²) in [6, 6.07) is 13.1. The molecular formula is C16H17BrN2O2. The van der Waals surface area contributed by atoms with E-state index in [-0.39, 0.29) is 12.5 Å². The number of ether oxygens (including phenoxy) is 1. The van der Waals surface area contributed by atoms with E-state index in [0.717, 1.165) is 15.7 Å². The molecule has 2 aromatic carbocycles. The zero-order chi connectivity index (χ0) is 15.2. The van der Waals surface area contributed by atoms with Gasteiger partial charge in [0.25, 0.3) is 0 Å². The maximum absolute atomic E-state index is 12.0. The number of anilines is 2. The van der Waals surface area contributed by atoms with Gasteiger partial charge in [-0.2, -0.15) is 0 Å². The van der Waals surface area contributed by atoms with Gasteiger partial charge in [-0.05, 0) is 46.6 Å². The van der Waals surface area contributed by atoms with Gasteiger partial charge in [0.1, 0.15) is 5.75 Å². The van der Waals surface area contributed by atoms with Crippen LogP contribution in [0.1, 0.15) is 5.56 Å². The lowest BCUT2D eigenvalue weighted by molar-refractivity contribution is -0.114. The lowest BCUT2D eigenvalue weighted by Gasteiger charge is -2.11. The molecule has 0 aliphatic heterocycles. The summed E-state index contributed by atoms with van der Waals surface area (Å²) in [6.45, 7) is 2.20. The third-order valence-corrected chi connectivity index (χ3v) is 4.04. The number of aryl methyl sites for hydroxylation is 1. The molecular weight excluding hydrogens is 332 g/mol.